The monoisotopic (exact) mass is 396 g/mol. The van der Waals surface area contributed by atoms with Crippen molar-refractivity contribution in [2.75, 3.05) is 20.8 Å². The van der Waals surface area contributed by atoms with Gasteiger partial charge in [-0.25, -0.2) is 4.79 Å². The van der Waals surface area contributed by atoms with Crippen LogP contribution in [0.4, 0.5) is 0 Å². The van der Waals surface area contributed by atoms with Gasteiger partial charge in [-0.15, -0.1) is 0 Å². The van der Waals surface area contributed by atoms with Gasteiger partial charge in [-0.1, -0.05) is 24.3 Å². The number of fused-ring (bicyclic) bond motifs is 3. The molecule has 29 heavy (non-hydrogen) atoms. The summed E-state index contributed by atoms with van der Waals surface area (Å²) in [5.74, 6) is -0.675. The Hall–Kier alpha value is -3.35. The van der Waals surface area contributed by atoms with Crippen molar-refractivity contribution in [3.63, 3.8) is 0 Å². The summed E-state index contributed by atoms with van der Waals surface area (Å²) in [6.45, 7) is 3.50. The highest BCUT2D eigenvalue weighted by molar-refractivity contribution is 6.30. The number of ketones is 2. The van der Waals surface area contributed by atoms with Crippen LogP contribution in [0.25, 0.3) is 0 Å². The van der Waals surface area contributed by atoms with Gasteiger partial charge in [0, 0.05) is 23.1 Å². The van der Waals surface area contributed by atoms with Gasteiger partial charge in [-0.3, -0.25) is 9.59 Å². The molecule has 0 saturated heterocycles. The molecule has 1 aliphatic heterocycles. The van der Waals surface area contributed by atoms with Gasteiger partial charge >= 0.3 is 5.97 Å². The van der Waals surface area contributed by atoms with E-state index in [1.807, 2.05) is 0 Å². The molecule has 2 aliphatic rings. The van der Waals surface area contributed by atoms with Crippen LogP contribution in [0.5, 0.6) is 17.2 Å². The zero-order chi connectivity index (χ0) is 20.9. The first-order valence-electron chi connectivity index (χ1n) is 9.23. The van der Waals surface area contributed by atoms with Crippen molar-refractivity contribution in [3.8, 4) is 17.2 Å². The van der Waals surface area contributed by atoms with Gasteiger partial charge < -0.3 is 18.9 Å². The zero-order valence-electron chi connectivity index (χ0n) is 16.6. The summed E-state index contributed by atoms with van der Waals surface area (Å²) < 4.78 is 22.2. The largest absolute Gasteiger partial charge is 0.496 e. The molecule has 1 atom stereocenters. The van der Waals surface area contributed by atoms with Crippen molar-refractivity contribution < 1.29 is 33.3 Å². The van der Waals surface area contributed by atoms with E-state index >= 15 is 0 Å². The van der Waals surface area contributed by atoms with E-state index in [1.54, 1.807) is 38.1 Å². The number of carbonyl (C=O) groups is 3. The van der Waals surface area contributed by atoms with Crippen LogP contribution >= 0.6 is 0 Å². The van der Waals surface area contributed by atoms with Gasteiger partial charge in [0.25, 0.3) is 0 Å². The second-order valence-corrected chi connectivity index (χ2v) is 7.06. The second-order valence-electron chi connectivity index (χ2n) is 7.06. The Morgan fingerprint density at radius 1 is 1.03 bits per heavy atom. The molecule has 7 heteroatoms. The molecule has 0 bridgehead atoms. The lowest BCUT2D eigenvalue weighted by molar-refractivity contribution is -0.158. The van der Waals surface area contributed by atoms with Crippen LogP contribution in [0.15, 0.2) is 24.3 Å². The summed E-state index contributed by atoms with van der Waals surface area (Å²) >= 11 is 0. The van der Waals surface area contributed by atoms with Crippen molar-refractivity contribution in [1.82, 2.24) is 0 Å². The van der Waals surface area contributed by atoms with E-state index in [-0.39, 0.29) is 58.5 Å². The third kappa shape index (κ3) is 2.53. The molecule has 0 amide bonds. The molecule has 0 spiro atoms. The number of methoxy groups -OCH3 is 2. The molecule has 1 unspecified atom stereocenters. The minimum atomic E-state index is -1.32. The highest BCUT2D eigenvalue weighted by Crippen LogP contribution is 2.53. The lowest BCUT2D eigenvalue weighted by atomic mass is 9.81. The van der Waals surface area contributed by atoms with Gasteiger partial charge in [-0.2, -0.15) is 0 Å². The van der Waals surface area contributed by atoms with E-state index in [1.165, 1.54) is 14.2 Å². The van der Waals surface area contributed by atoms with E-state index in [0.717, 1.165) is 0 Å². The van der Waals surface area contributed by atoms with Crippen LogP contribution in [-0.4, -0.2) is 44.0 Å². The molecular formula is C22H20O7. The first-order valence-corrected chi connectivity index (χ1v) is 9.23. The summed E-state index contributed by atoms with van der Waals surface area (Å²) in [6, 6.07) is 6.60. The fraction of sp³-hybridized carbons (Fsp3) is 0.318. The number of benzene rings is 2. The Kier molecular flexibility index (Phi) is 4.33. The van der Waals surface area contributed by atoms with Crippen molar-refractivity contribution >= 4 is 17.5 Å². The molecule has 1 aliphatic carbocycles. The van der Waals surface area contributed by atoms with Crippen LogP contribution in [0.2, 0.25) is 0 Å². The van der Waals surface area contributed by atoms with Crippen molar-refractivity contribution in [2.45, 2.75) is 25.9 Å². The highest BCUT2D eigenvalue weighted by Gasteiger charge is 2.49. The molecule has 0 radical (unpaired) electrons. The predicted octanol–water partition coefficient (Wildman–Crippen LogP) is 2.74. The Balaban J connectivity index is 1.99. The van der Waals surface area contributed by atoms with Crippen molar-refractivity contribution in [3.05, 3.63) is 52.1 Å². The summed E-state index contributed by atoms with van der Waals surface area (Å²) in [5.41, 5.74) is -0.0154. The third-order valence-corrected chi connectivity index (χ3v) is 5.29. The summed E-state index contributed by atoms with van der Waals surface area (Å²) in [7, 11) is 2.81. The van der Waals surface area contributed by atoms with Crippen molar-refractivity contribution in [2.24, 2.45) is 0 Å². The number of carbonyl (C=O) groups excluding carboxylic acids is 3. The van der Waals surface area contributed by atoms with E-state index in [9.17, 15) is 14.4 Å². The molecule has 0 fully saturated rings. The average molecular weight is 396 g/mol. The lowest BCUT2D eigenvalue weighted by Gasteiger charge is -2.24. The Morgan fingerprint density at radius 3 is 2.10 bits per heavy atom. The number of ether oxygens (including phenoxy) is 4. The average Bonchev–Trinajstić information content (AvgIpc) is 3.08. The fourth-order valence-electron chi connectivity index (χ4n) is 4.00. The first kappa shape index (κ1) is 19.0. The Bertz CT molecular complexity index is 995. The summed E-state index contributed by atoms with van der Waals surface area (Å²) in [5, 5.41) is 0. The predicted molar refractivity (Wildman–Crippen MR) is 102 cm³/mol. The van der Waals surface area contributed by atoms with Gasteiger partial charge in [-0.05, 0) is 13.8 Å². The smallest absolute Gasteiger partial charge is 0.350 e. The fourth-order valence-corrected chi connectivity index (χ4v) is 4.00. The molecule has 150 valence electrons. The van der Waals surface area contributed by atoms with Crippen LogP contribution in [-0.2, 0) is 16.0 Å². The molecule has 2 aromatic rings. The van der Waals surface area contributed by atoms with Crippen LogP contribution in [0.1, 0.15) is 51.3 Å². The summed E-state index contributed by atoms with van der Waals surface area (Å²) in [6.07, 6.45) is 0.122. The quantitative estimate of drug-likeness (QED) is 0.627. The first-order chi connectivity index (χ1) is 13.9. The Labute approximate surface area is 167 Å². The SMILES string of the molecule is CCOC(=O)C1(C)Cc2c(c(OC)c3c(c2OC)C(=O)c2ccccc2C3=O)O1. The second kappa shape index (κ2) is 6.62. The maximum absolute atomic E-state index is 13.3. The van der Waals surface area contributed by atoms with Crippen LogP contribution in [0, 0.1) is 0 Å². The molecular weight excluding hydrogens is 376 g/mol. The molecule has 1 heterocycles. The van der Waals surface area contributed by atoms with Gasteiger partial charge in [0.15, 0.2) is 23.1 Å². The minimum absolute atomic E-state index is 0.0832. The zero-order valence-corrected chi connectivity index (χ0v) is 16.6. The third-order valence-electron chi connectivity index (χ3n) is 5.29. The lowest BCUT2D eigenvalue weighted by Crippen LogP contribution is -2.41. The van der Waals surface area contributed by atoms with E-state index in [4.69, 9.17) is 18.9 Å². The van der Waals surface area contributed by atoms with Gasteiger partial charge in [0.1, 0.15) is 5.75 Å². The minimum Gasteiger partial charge on any atom is -0.496 e. The van der Waals surface area contributed by atoms with E-state index < -0.39 is 11.6 Å². The van der Waals surface area contributed by atoms with Gasteiger partial charge in [0.05, 0.1) is 32.0 Å². The van der Waals surface area contributed by atoms with E-state index in [0.29, 0.717) is 11.1 Å². The normalized spacial score (nSPS) is 19.0. The number of esters is 1. The molecule has 7 nitrogen and oxygen atoms in total. The maximum atomic E-state index is 13.3. The number of rotatable bonds is 4. The highest BCUT2D eigenvalue weighted by atomic mass is 16.6. The summed E-state index contributed by atoms with van der Waals surface area (Å²) in [4.78, 5) is 39.0. The molecule has 0 saturated carbocycles. The standard InChI is InChI=1S/C22H20O7/c1-5-28-21(25)22(2)10-13-18(26-3)14-15(20(27-4)19(13)29-22)17(24)12-9-7-6-8-11(12)16(14)23/h6-9H,5,10H2,1-4H3. The van der Waals surface area contributed by atoms with Crippen molar-refractivity contribution in [1.29, 1.82) is 0 Å². The topological polar surface area (TPSA) is 88.1 Å². The van der Waals surface area contributed by atoms with Crippen LogP contribution in [0.3, 0.4) is 0 Å². The molecule has 0 N–H and O–H groups in total. The number of hydrogen-bond acceptors (Lipinski definition) is 7. The van der Waals surface area contributed by atoms with Gasteiger partial charge in [0.2, 0.25) is 5.60 Å². The maximum Gasteiger partial charge on any atom is 0.350 e. The number of hydrogen-bond donors (Lipinski definition) is 0. The van der Waals surface area contributed by atoms with E-state index in [2.05, 4.69) is 0 Å². The molecule has 0 aromatic heterocycles. The molecule has 4 rings (SSSR count). The Morgan fingerprint density at radius 2 is 1.59 bits per heavy atom. The van der Waals surface area contributed by atoms with Crippen LogP contribution < -0.4 is 14.2 Å². The molecule has 2 aromatic carbocycles.